The van der Waals surface area contributed by atoms with Crippen LogP contribution >= 0.6 is 11.6 Å². The quantitative estimate of drug-likeness (QED) is 0.563. The molecule has 28 heavy (non-hydrogen) atoms. The lowest BCUT2D eigenvalue weighted by molar-refractivity contribution is -0.137. The third-order valence-electron chi connectivity index (χ3n) is 3.81. The number of benzene rings is 2. The largest absolute Gasteiger partial charge is 0.507 e. The molecule has 6 nitrogen and oxygen atoms in total. The van der Waals surface area contributed by atoms with Gasteiger partial charge in [0, 0.05) is 6.20 Å². The number of alkyl halides is 3. The van der Waals surface area contributed by atoms with E-state index in [0.717, 1.165) is 0 Å². The number of aromatic nitrogens is 1. The van der Waals surface area contributed by atoms with Crippen molar-refractivity contribution in [1.82, 2.24) is 15.8 Å². The maximum Gasteiger partial charge on any atom is 0.417 e. The van der Waals surface area contributed by atoms with E-state index in [9.17, 15) is 27.9 Å². The van der Waals surface area contributed by atoms with E-state index < -0.39 is 34.3 Å². The number of aromatic hydroxyl groups is 1. The Morgan fingerprint density at radius 2 is 1.71 bits per heavy atom. The minimum absolute atomic E-state index is 0.0788. The number of carbonyl (C=O) groups excluding carboxylic acids is 2. The van der Waals surface area contributed by atoms with E-state index >= 15 is 0 Å². The van der Waals surface area contributed by atoms with Gasteiger partial charge in [-0.2, -0.15) is 13.2 Å². The van der Waals surface area contributed by atoms with Crippen LogP contribution in [0, 0.1) is 0 Å². The standard InChI is InChI=1S/C18H11ClF3N3O3/c19-12-7-10(18(20,21)22)8-23-15(12)17(28)25-24-16(27)14-11-4-2-1-3-9(11)5-6-13(14)26/h1-8,26H,(H,24,27)(H,25,28). The van der Waals surface area contributed by atoms with Crippen molar-refractivity contribution in [2.75, 3.05) is 0 Å². The van der Waals surface area contributed by atoms with Crippen LogP contribution in [-0.2, 0) is 6.18 Å². The van der Waals surface area contributed by atoms with Crippen molar-refractivity contribution in [3.63, 3.8) is 0 Å². The normalized spacial score (nSPS) is 11.3. The maximum atomic E-state index is 12.6. The highest BCUT2D eigenvalue weighted by atomic mass is 35.5. The second kappa shape index (κ2) is 7.35. The summed E-state index contributed by atoms with van der Waals surface area (Å²) in [6.07, 6.45) is -4.20. The van der Waals surface area contributed by atoms with Gasteiger partial charge in [0.2, 0.25) is 0 Å². The molecule has 0 fully saturated rings. The summed E-state index contributed by atoms with van der Waals surface area (Å²) < 4.78 is 37.9. The summed E-state index contributed by atoms with van der Waals surface area (Å²) in [6, 6.07) is 10.3. The van der Waals surface area contributed by atoms with Crippen LogP contribution in [0.15, 0.2) is 48.7 Å². The Morgan fingerprint density at radius 1 is 1.04 bits per heavy atom. The maximum absolute atomic E-state index is 12.6. The molecule has 0 unspecified atom stereocenters. The summed E-state index contributed by atoms with van der Waals surface area (Å²) in [6.45, 7) is 0. The number of phenolic OH excluding ortho intramolecular Hbond substituents is 1. The summed E-state index contributed by atoms with van der Waals surface area (Å²) in [7, 11) is 0. The van der Waals surface area contributed by atoms with Crippen LogP contribution in [0.4, 0.5) is 13.2 Å². The minimum Gasteiger partial charge on any atom is -0.507 e. The third kappa shape index (κ3) is 3.84. The van der Waals surface area contributed by atoms with Crippen molar-refractivity contribution in [2.24, 2.45) is 0 Å². The summed E-state index contributed by atoms with van der Waals surface area (Å²) in [5.41, 5.74) is 2.40. The molecule has 0 spiro atoms. The molecule has 0 atom stereocenters. The number of amides is 2. The second-order valence-corrected chi connectivity index (χ2v) is 6.05. The van der Waals surface area contributed by atoms with Crippen LogP contribution < -0.4 is 10.9 Å². The van der Waals surface area contributed by atoms with Crippen molar-refractivity contribution >= 4 is 34.2 Å². The second-order valence-electron chi connectivity index (χ2n) is 5.64. The van der Waals surface area contributed by atoms with E-state index in [-0.39, 0.29) is 11.3 Å². The van der Waals surface area contributed by atoms with Gasteiger partial charge >= 0.3 is 6.18 Å². The Kier molecular flexibility index (Phi) is 5.10. The van der Waals surface area contributed by atoms with Crippen molar-refractivity contribution in [3.8, 4) is 5.75 Å². The van der Waals surface area contributed by atoms with E-state index in [4.69, 9.17) is 11.6 Å². The molecule has 10 heteroatoms. The first kappa shape index (κ1) is 19.4. The molecule has 0 radical (unpaired) electrons. The van der Waals surface area contributed by atoms with Crippen LogP contribution in [0.5, 0.6) is 5.75 Å². The lowest BCUT2D eigenvalue weighted by Gasteiger charge is -2.12. The molecule has 0 aliphatic rings. The summed E-state index contributed by atoms with van der Waals surface area (Å²) >= 11 is 5.69. The van der Waals surface area contributed by atoms with Crippen LogP contribution in [0.3, 0.4) is 0 Å². The van der Waals surface area contributed by atoms with Crippen LogP contribution in [0.1, 0.15) is 26.4 Å². The van der Waals surface area contributed by atoms with Crippen molar-refractivity contribution < 1.29 is 27.9 Å². The van der Waals surface area contributed by atoms with Gasteiger partial charge < -0.3 is 5.11 Å². The summed E-state index contributed by atoms with van der Waals surface area (Å²) in [5.74, 6) is -2.16. The zero-order valence-corrected chi connectivity index (χ0v) is 14.6. The Bertz CT molecular complexity index is 1090. The molecule has 0 bridgehead atoms. The molecular formula is C18H11ClF3N3O3. The topological polar surface area (TPSA) is 91.3 Å². The molecule has 1 heterocycles. The number of hydrogen-bond acceptors (Lipinski definition) is 4. The number of pyridine rings is 1. The minimum atomic E-state index is -4.66. The molecule has 3 N–H and O–H groups in total. The van der Waals surface area contributed by atoms with Crippen molar-refractivity contribution in [3.05, 3.63) is 70.5 Å². The molecule has 3 rings (SSSR count). The number of hydrogen-bond donors (Lipinski definition) is 3. The zero-order valence-electron chi connectivity index (χ0n) is 13.8. The molecule has 3 aromatic rings. The lowest BCUT2D eigenvalue weighted by Crippen LogP contribution is -2.42. The first-order valence-corrected chi connectivity index (χ1v) is 8.10. The van der Waals surface area contributed by atoms with E-state index in [0.29, 0.717) is 23.0 Å². The van der Waals surface area contributed by atoms with Crippen LogP contribution in [0.25, 0.3) is 10.8 Å². The smallest absolute Gasteiger partial charge is 0.417 e. The average Bonchev–Trinajstić information content (AvgIpc) is 2.65. The van der Waals surface area contributed by atoms with Gasteiger partial charge in [0.1, 0.15) is 11.4 Å². The zero-order chi connectivity index (χ0) is 20.5. The Balaban J connectivity index is 1.79. The van der Waals surface area contributed by atoms with Crippen molar-refractivity contribution in [2.45, 2.75) is 6.18 Å². The fourth-order valence-electron chi connectivity index (χ4n) is 2.49. The number of halogens is 4. The molecule has 2 amide bonds. The third-order valence-corrected chi connectivity index (χ3v) is 4.10. The van der Waals surface area contributed by atoms with Crippen LogP contribution in [-0.4, -0.2) is 21.9 Å². The Labute approximate surface area is 160 Å². The fourth-order valence-corrected chi connectivity index (χ4v) is 2.75. The average molecular weight is 410 g/mol. The van der Waals surface area contributed by atoms with E-state index in [1.807, 2.05) is 5.43 Å². The lowest BCUT2D eigenvalue weighted by atomic mass is 10.0. The number of hydrazine groups is 1. The highest BCUT2D eigenvalue weighted by molar-refractivity contribution is 6.33. The van der Waals surface area contributed by atoms with Gasteiger partial charge in [0.05, 0.1) is 16.1 Å². The predicted octanol–water partition coefficient (Wildman–Crippen LogP) is 3.69. The monoisotopic (exact) mass is 409 g/mol. The molecule has 0 saturated carbocycles. The van der Waals surface area contributed by atoms with E-state index in [1.54, 1.807) is 30.3 Å². The number of phenols is 1. The van der Waals surface area contributed by atoms with Gasteiger partial charge in [0.25, 0.3) is 11.8 Å². The summed E-state index contributed by atoms with van der Waals surface area (Å²) in [4.78, 5) is 27.9. The van der Waals surface area contributed by atoms with Gasteiger partial charge in [-0.1, -0.05) is 41.9 Å². The van der Waals surface area contributed by atoms with E-state index in [2.05, 4.69) is 10.4 Å². The van der Waals surface area contributed by atoms with Gasteiger partial charge in [-0.3, -0.25) is 20.4 Å². The van der Waals surface area contributed by atoms with Crippen LogP contribution in [0.2, 0.25) is 5.02 Å². The molecule has 1 aromatic heterocycles. The number of carbonyl (C=O) groups is 2. The van der Waals surface area contributed by atoms with Gasteiger partial charge in [0.15, 0.2) is 0 Å². The van der Waals surface area contributed by atoms with Gasteiger partial charge in [-0.05, 0) is 22.9 Å². The predicted molar refractivity (Wildman–Crippen MR) is 94.8 cm³/mol. The molecule has 0 saturated heterocycles. The summed E-state index contributed by atoms with van der Waals surface area (Å²) in [5, 5.41) is 10.6. The Hall–Kier alpha value is -3.33. The number of nitrogens with zero attached hydrogens (tertiary/aromatic N) is 1. The fraction of sp³-hybridized carbons (Fsp3) is 0.0556. The van der Waals surface area contributed by atoms with Crippen molar-refractivity contribution in [1.29, 1.82) is 0 Å². The first-order chi connectivity index (χ1) is 13.2. The van der Waals surface area contributed by atoms with E-state index in [1.165, 1.54) is 6.07 Å². The first-order valence-electron chi connectivity index (χ1n) is 7.72. The number of nitrogens with one attached hydrogen (secondary N) is 2. The molecule has 2 aromatic carbocycles. The van der Waals surface area contributed by atoms with Gasteiger partial charge in [-0.25, -0.2) is 4.98 Å². The number of rotatable bonds is 2. The molecular weight excluding hydrogens is 399 g/mol. The highest BCUT2D eigenvalue weighted by Crippen LogP contribution is 2.31. The highest BCUT2D eigenvalue weighted by Gasteiger charge is 2.32. The SMILES string of the molecule is O=C(NNC(=O)c1c(O)ccc2ccccc12)c1ncc(C(F)(F)F)cc1Cl. The molecule has 0 aliphatic heterocycles. The molecule has 0 aliphatic carbocycles. The number of fused-ring (bicyclic) bond motifs is 1. The molecule has 144 valence electrons. The van der Waals surface area contributed by atoms with Gasteiger partial charge in [-0.15, -0.1) is 0 Å². The Morgan fingerprint density at radius 3 is 2.39 bits per heavy atom.